The molecular weight excluding hydrogens is 403 g/mol. The quantitative estimate of drug-likeness (QED) is 0.663. The summed E-state index contributed by atoms with van der Waals surface area (Å²) in [5.41, 5.74) is 0. The van der Waals surface area contributed by atoms with E-state index in [0.29, 0.717) is 54.4 Å². The number of aromatic nitrogens is 1. The van der Waals surface area contributed by atoms with Gasteiger partial charge in [-0.3, -0.25) is 0 Å². The number of benzene rings is 1. The second-order valence-electron chi connectivity index (χ2n) is 6.18. The molecule has 2 N–H and O–H groups in total. The lowest BCUT2D eigenvalue weighted by molar-refractivity contribution is 0.0676. The SMILES string of the molecule is CCN(CC1COc2ccccc2O1)C(=O)NCCNc1ncc(Cl)cc1Cl. The van der Waals surface area contributed by atoms with E-state index in [-0.39, 0.29) is 12.1 Å². The van der Waals surface area contributed by atoms with Gasteiger partial charge in [0.15, 0.2) is 17.6 Å². The van der Waals surface area contributed by atoms with Crippen molar-refractivity contribution in [1.29, 1.82) is 0 Å². The summed E-state index contributed by atoms with van der Waals surface area (Å²) in [4.78, 5) is 18.3. The maximum Gasteiger partial charge on any atom is 0.317 e. The van der Waals surface area contributed by atoms with Crippen LogP contribution in [0.1, 0.15) is 6.92 Å². The van der Waals surface area contributed by atoms with Gasteiger partial charge in [-0.25, -0.2) is 9.78 Å². The summed E-state index contributed by atoms with van der Waals surface area (Å²) in [5.74, 6) is 1.96. The van der Waals surface area contributed by atoms with Crippen molar-refractivity contribution in [2.45, 2.75) is 13.0 Å². The summed E-state index contributed by atoms with van der Waals surface area (Å²) < 4.78 is 11.6. The van der Waals surface area contributed by atoms with E-state index in [9.17, 15) is 4.79 Å². The number of halogens is 2. The maximum atomic E-state index is 12.4. The summed E-state index contributed by atoms with van der Waals surface area (Å²) in [5, 5.41) is 6.85. The van der Waals surface area contributed by atoms with E-state index in [1.54, 1.807) is 11.0 Å². The van der Waals surface area contributed by atoms with Crippen LogP contribution in [0.2, 0.25) is 10.0 Å². The Morgan fingerprint density at radius 1 is 1.29 bits per heavy atom. The molecule has 0 spiro atoms. The highest BCUT2D eigenvalue weighted by atomic mass is 35.5. The van der Waals surface area contributed by atoms with Crippen LogP contribution < -0.4 is 20.1 Å². The van der Waals surface area contributed by atoms with Gasteiger partial charge in [0, 0.05) is 25.8 Å². The number of ether oxygens (including phenoxy) is 2. The Morgan fingerprint density at radius 3 is 2.82 bits per heavy atom. The molecule has 0 aliphatic carbocycles. The third-order valence-electron chi connectivity index (χ3n) is 4.16. The highest BCUT2D eigenvalue weighted by Gasteiger charge is 2.24. The molecule has 1 aromatic carbocycles. The molecule has 150 valence electrons. The van der Waals surface area contributed by atoms with Gasteiger partial charge in [0.05, 0.1) is 16.6 Å². The van der Waals surface area contributed by atoms with Gasteiger partial charge in [-0.2, -0.15) is 0 Å². The van der Waals surface area contributed by atoms with Gasteiger partial charge in [0.2, 0.25) is 0 Å². The normalized spacial score (nSPS) is 15.0. The summed E-state index contributed by atoms with van der Waals surface area (Å²) >= 11 is 11.9. The Bertz CT molecular complexity index is 822. The van der Waals surface area contributed by atoms with Gasteiger partial charge >= 0.3 is 6.03 Å². The van der Waals surface area contributed by atoms with Crippen LogP contribution in [0.15, 0.2) is 36.5 Å². The Hall–Kier alpha value is -2.38. The topological polar surface area (TPSA) is 75.7 Å². The number of likely N-dealkylation sites (N-methyl/N-ethyl adjacent to an activating group) is 1. The third-order valence-corrected chi connectivity index (χ3v) is 4.66. The molecule has 9 heteroatoms. The highest BCUT2D eigenvalue weighted by molar-refractivity contribution is 6.35. The largest absolute Gasteiger partial charge is 0.486 e. The van der Waals surface area contributed by atoms with Crippen molar-refractivity contribution < 1.29 is 14.3 Å². The zero-order valence-corrected chi connectivity index (χ0v) is 17.0. The molecule has 1 aliphatic rings. The summed E-state index contributed by atoms with van der Waals surface area (Å²) in [6.45, 7) is 4.23. The van der Waals surface area contributed by atoms with Crippen molar-refractivity contribution in [3.63, 3.8) is 0 Å². The number of hydrogen-bond donors (Lipinski definition) is 2. The molecule has 2 aromatic rings. The standard InChI is InChI=1S/C19H22Cl2N4O3/c1-2-25(11-14-12-27-16-5-3-4-6-17(16)28-14)19(26)23-8-7-22-18-15(21)9-13(20)10-24-18/h3-6,9-10,14H,2,7-8,11-12H2,1H3,(H,22,24)(H,23,26). The van der Waals surface area contributed by atoms with E-state index in [1.165, 1.54) is 6.20 Å². The first-order valence-corrected chi connectivity index (χ1v) is 9.78. The summed E-state index contributed by atoms with van der Waals surface area (Å²) in [6, 6.07) is 8.96. The molecular formula is C19H22Cl2N4O3. The lowest BCUT2D eigenvalue weighted by Crippen LogP contribution is -2.48. The van der Waals surface area contributed by atoms with E-state index < -0.39 is 0 Å². The molecule has 28 heavy (non-hydrogen) atoms. The first-order chi connectivity index (χ1) is 13.6. The predicted octanol–water partition coefficient (Wildman–Crippen LogP) is 3.67. The number of fused-ring (bicyclic) bond motifs is 1. The number of nitrogens with zero attached hydrogens (tertiary/aromatic N) is 2. The van der Waals surface area contributed by atoms with E-state index in [4.69, 9.17) is 32.7 Å². The smallest absolute Gasteiger partial charge is 0.317 e. The number of para-hydroxylation sites is 2. The molecule has 1 atom stereocenters. The lowest BCUT2D eigenvalue weighted by atomic mass is 10.2. The van der Waals surface area contributed by atoms with Crippen LogP contribution in [0.25, 0.3) is 0 Å². The molecule has 0 saturated heterocycles. The van der Waals surface area contributed by atoms with Crippen LogP contribution in [-0.2, 0) is 0 Å². The van der Waals surface area contributed by atoms with E-state index in [1.807, 2.05) is 31.2 Å². The van der Waals surface area contributed by atoms with Crippen LogP contribution >= 0.6 is 23.2 Å². The van der Waals surface area contributed by atoms with E-state index in [0.717, 1.165) is 5.75 Å². The Balaban J connectivity index is 1.43. The zero-order valence-electron chi connectivity index (χ0n) is 15.5. The van der Waals surface area contributed by atoms with Crippen LogP contribution in [0.5, 0.6) is 11.5 Å². The zero-order chi connectivity index (χ0) is 19.9. The van der Waals surface area contributed by atoms with Crippen molar-refractivity contribution in [3.8, 4) is 11.5 Å². The van der Waals surface area contributed by atoms with Crippen LogP contribution in [-0.4, -0.2) is 54.8 Å². The maximum absolute atomic E-state index is 12.4. The number of rotatable bonds is 7. The number of pyridine rings is 1. The number of amides is 2. The number of hydrogen-bond acceptors (Lipinski definition) is 5. The number of nitrogens with one attached hydrogen (secondary N) is 2. The number of anilines is 1. The lowest BCUT2D eigenvalue weighted by Gasteiger charge is -2.31. The van der Waals surface area contributed by atoms with Crippen molar-refractivity contribution >= 4 is 35.1 Å². The molecule has 0 bridgehead atoms. The monoisotopic (exact) mass is 424 g/mol. The van der Waals surface area contributed by atoms with Crippen LogP contribution in [0, 0.1) is 0 Å². The number of carbonyl (C=O) groups excluding carboxylic acids is 1. The molecule has 1 aromatic heterocycles. The Kier molecular flexibility index (Phi) is 7.06. The fraction of sp³-hybridized carbons (Fsp3) is 0.368. The van der Waals surface area contributed by atoms with Gasteiger partial charge in [-0.1, -0.05) is 35.3 Å². The molecule has 2 amide bonds. The molecule has 2 heterocycles. The Morgan fingerprint density at radius 2 is 2.07 bits per heavy atom. The van der Waals surface area contributed by atoms with Crippen molar-refractivity contribution in [2.24, 2.45) is 0 Å². The third kappa shape index (κ3) is 5.33. The van der Waals surface area contributed by atoms with Gasteiger partial charge in [0.1, 0.15) is 12.4 Å². The van der Waals surface area contributed by atoms with Crippen LogP contribution in [0.4, 0.5) is 10.6 Å². The molecule has 7 nitrogen and oxygen atoms in total. The summed E-state index contributed by atoms with van der Waals surface area (Å²) in [6.07, 6.45) is 1.30. The fourth-order valence-electron chi connectivity index (χ4n) is 2.76. The van der Waals surface area contributed by atoms with Crippen molar-refractivity contribution in [1.82, 2.24) is 15.2 Å². The van der Waals surface area contributed by atoms with Gasteiger partial charge < -0.3 is 25.0 Å². The minimum Gasteiger partial charge on any atom is -0.486 e. The second-order valence-corrected chi connectivity index (χ2v) is 7.02. The van der Waals surface area contributed by atoms with Crippen molar-refractivity contribution in [2.75, 3.05) is 38.1 Å². The van der Waals surface area contributed by atoms with Gasteiger partial charge in [-0.15, -0.1) is 0 Å². The average Bonchev–Trinajstić information content (AvgIpc) is 2.70. The number of carbonyl (C=O) groups is 1. The van der Waals surface area contributed by atoms with Gasteiger partial charge in [0.25, 0.3) is 0 Å². The number of urea groups is 1. The fourth-order valence-corrected chi connectivity index (χ4v) is 3.21. The van der Waals surface area contributed by atoms with Gasteiger partial charge in [-0.05, 0) is 25.1 Å². The minimum atomic E-state index is -0.212. The van der Waals surface area contributed by atoms with Crippen molar-refractivity contribution in [3.05, 3.63) is 46.6 Å². The molecule has 3 rings (SSSR count). The van der Waals surface area contributed by atoms with E-state index >= 15 is 0 Å². The second kappa shape index (κ2) is 9.71. The van der Waals surface area contributed by atoms with E-state index in [2.05, 4.69) is 15.6 Å². The molecule has 1 unspecified atom stereocenters. The highest BCUT2D eigenvalue weighted by Crippen LogP contribution is 2.31. The molecule has 1 aliphatic heterocycles. The molecule has 0 saturated carbocycles. The van der Waals surface area contributed by atoms with Crippen LogP contribution in [0.3, 0.4) is 0 Å². The molecule has 0 radical (unpaired) electrons. The predicted molar refractivity (Wildman–Crippen MR) is 110 cm³/mol. The first kappa shape index (κ1) is 20.4. The molecule has 0 fully saturated rings. The minimum absolute atomic E-state index is 0.165. The Labute approximate surface area is 173 Å². The average molecular weight is 425 g/mol. The summed E-state index contributed by atoms with van der Waals surface area (Å²) in [7, 11) is 0. The first-order valence-electron chi connectivity index (χ1n) is 9.03.